The lowest BCUT2D eigenvalue weighted by Gasteiger charge is -2.29. The highest BCUT2D eigenvalue weighted by Crippen LogP contribution is 2.21. The molecule has 0 aliphatic carbocycles. The summed E-state index contributed by atoms with van der Waals surface area (Å²) in [6.07, 6.45) is 7.58. The fourth-order valence-electron chi connectivity index (χ4n) is 3.79. The summed E-state index contributed by atoms with van der Waals surface area (Å²) < 4.78 is 1.61. The Hall–Kier alpha value is -2.48. The lowest BCUT2D eigenvalue weighted by Crippen LogP contribution is -2.52. The van der Waals surface area contributed by atoms with Crippen LogP contribution in [0.25, 0.3) is 5.65 Å². The van der Waals surface area contributed by atoms with Crippen LogP contribution < -0.4 is 10.6 Å². The first-order valence-corrected chi connectivity index (χ1v) is 10.4. The first-order valence-electron chi connectivity index (χ1n) is 10.4. The summed E-state index contributed by atoms with van der Waals surface area (Å²) in [6, 6.07) is 2.24. The molecule has 1 unspecified atom stereocenters. The smallest absolute Gasteiger partial charge is 0.254 e. The number of hydrogen-bond acceptors (Lipinski definition) is 5. The number of likely N-dealkylation sites (tertiary alicyclic amines) is 1. The van der Waals surface area contributed by atoms with Crippen LogP contribution in [0.15, 0.2) is 18.5 Å². The van der Waals surface area contributed by atoms with Crippen molar-refractivity contribution in [2.45, 2.75) is 65.0 Å². The van der Waals surface area contributed by atoms with Crippen molar-refractivity contribution >= 4 is 17.5 Å². The highest BCUT2D eigenvalue weighted by Gasteiger charge is 2.29. The maximum Gasteiger partial charge on any atom is 0.254 e. The largest absolute Gasteiger partial charge is 0.350 e. The molecule has 29 heavy (non-hydrogen) atoms. The van der Waals surface area contributed by atoms with Crippen LogP contribution in [0.5, 0.6) is 0 Å². The second kappa shape index (κ2) is 8.90. The maximum absolute atomic E-state index is 12.6. The van der Waals surface area contributed by atoms with Crippen molar-refractivity contribution in [1.82, 2.24) is 30.1 Å². The topological polar surface area (TPSA) is 91.6 Å². The normalized spacial score (nSPS) is 17.1. The summed E-state index contributed by atoms with van der Waals surface area (Å²) in [4.78, 5) is 31.4. The molecule has 2 aromatic rings. The van der Waals surface area contributed by atoms with Gasteiger partial charge in [-0.2, -0.15) is 5.10 Å². The fourth-order valence-corrected chi connectivity index (χ4v) is 3.79. The van der Waals surface area contributed by atoms with Gasteiger partial charge in [0.15, 0.2) is 5.65 Å². The zero-order valence-corrected chi connectivity index (χ0v) is 17.9. The highest BCUT2D eigenvalue weighted by atomic mass is 16.2. The van der Waals surface area contributed by atoms with E-state index in [-0.39, 0.29) is 18.4 Å². The molecular formula is C21H32N6O2. The van der Waals surface area contributed by atoms with Gasteiger partial charge in [-0.1, -0.05) is 13.3 Å². The van der Waals surface area contributed by atoms with Crippen molar-refractivity contribution < 1.29 is 9.59 Å². The Bertz CT molecular complexity index is 875. The molecule has 0 saturated carbocycles. The van der Waals surface area contributed by atoms with Gasteiger partial charge >= 0.3 is 0 Å². The number of carbonyl (C=O) groups is 2. The van der Waals surface area contributed by atoms with E-state index in [1.54, 1.807) is 16.9 Å². The molecule has 8 nitrogen and oxygen atoms in total. The Morgan fingerprint density at radius 1 is 1.34 bits per heavy atom. The van der Waals surface area contributed by atoms with Crippen LogP contribution in [0, 0.1) is 6.92 Å². The minimum atomic E-state index is -0.412. The average molecular weight is 401 g/mol. The van der Waals surface area contributed by atoms with Crippen LogP contribution in [0.2, 0.25) is 0 Å². The van der Waals surface area contributed by atoms with Gasteiger partial charge in [-0.3, -0.25) is 9.59 Å². The summed E-state index contributed by atoms with van der Waals surface area (Å²) in [7, 11) is 0. The lowest BCUT2D eigenvalue weighted by atomic mass is 10.1. The third kappa shape index (κ3) is 5.32. The predicted octanol–water partition coefficient (Wildman–Crippen LogP) is 1.93. The minimum Gasteiger partial charge on any atom is -0.350 e. The molecule has 2 amide bonds. The predicted molar refractivity (Wildman–Crippen MR) is 112 cm³/mol. The van der Waals surface area contributed by atoms with Crippen molar-refractivity contribution in [2.75, 3.05) is 19.6 Å². The van der Waals surface area contributed by atoms with E-state index in [4.69, 9.17) is 0 Å². The fraction of sp³-hybridized carbons (Fsp3) is 0.619. The molecule has 3 heterocycles. The zero-order chi connectivity index (χ0) is 21.0. The van der Waals surface area contributed by atoms with E-state index < -0.39 is 5.54 Å². The first-order chi connectivity index (χ1) is 13.8. The van der Waals surface area contributed by atoms with E-state index in [9.17, 15) is 9.59 Å². The van der Waals surface area contributed by atoms with Crippen molar-refractivity contribution in [2.24, 2.45) is 0 Å². The van der Waals surface area contributed by atoms with Crippen molar-refractivity contribution in [1.29, 1.82) is 0 Å². The van der Waals surface area contributed by atoms with Crippen LogP contribution in [0.3, 0.4) is 0 Å². The molecular weight excluding hydrogens is 368 g/mol. The zero-order valence-electron chi connectivity index (χ0n) is 17.9. The third-order valence-corrected chi connectivity index (χ3v) is 5.43. The van der Waals surface area contributed by atoms with Crippen LogP contribution in [-0.4, -0.2) is 62.5 Å². The second-order valence-corrected chi connectivity index (χ2v) is 8.52. The summed E-state index contributed by atoms with van der Waals surface area (Å²) in [5.41, 5.74) is 1.60. The standard InChI is InChI=1S/C21H32N6O2/c1-5-7-17-8-6-9-26(17)19(28)12-24-21(3,4)14-23-20(29)16-11-22-18-10-15(2)25-27(18)13-16/h10-11,13,17,24H,5-9,12,14H2,1-4H3,(H,23,29). The van der Waals surface area contributed by atoms with Crippen molar-refractivity contribution in [3.63, 3.8) is 0 Å². The van der Waals surface area contributed by atoms with E-state index in [2.05, 4.69) is 27.6 Å². The van der Waals surface area contributed by atoms with Gasteiger partial charge in [0.1, 0.15) is 0 Å². The van der Waals surface area contributed by atoms with Crippen LogP contribution >= 0.6 is 0 Å². The molecule has 2 aromatic heterocycles. The van der Waals surface area contributed by atoms with E-state index in [0.717, 1.165) is 37.9 Å². The van der Waals surface area contributed by atoms with Gasteiger partial charge in [0.2, 0.25) is 5.91 Å². The monoisotopic (exact) mass is 400 g/mol. The number of aromatic nitrogens is 3. The van der Waals surface area contributed by atoms with E-state index in [1.165, 1.54) is 0 Å². The molecule has 1 fully saturated rings. The molecule has 8 heteroatoms. The van der Waals surface area contributed by atoms with E-state index in [1.807, 2.05) is 31.7 Å². The first kappa shape index (κ1) is 21.2. The molecule has 3 rings (SSSR count). The molecule has 0 aromatic carbocycles. The molecule has 158 valence electrons. The van der Waals surface area contributed by atoms with Crippen molar-refractivity contribution in [3.8, 4) is 0 Å². The second-order valence-electron chi connectivity index (χ2n) is 8.52. The Morgan fingerprint density at radius 3 is 2.90 bits per heavy atom. The van der Waals surface area contributed by atoms with Crippen LogP contribution in [0.4, 0.5) is 0 Å². The maximum atomic E-state index is 12.6. The van der Waals surface area contributed by atoms with Crippen molar-refractivity contribution in [3.05, 3.63) is 29.7 Å². The molecule has 2 N–H and O–H groups in total. The average Bonchev–Trinajstić information content (AvgIpc) is 3.29. The van der Waals surface area contributed by atoms with Gasteiger partial charge in [0.05, 0.1) is 17.8 Å². The van der Waals surface area contributed by atoms with Gasteiger partial charge in [-0.15, -0.1) is 0 Å². The SMILES string of the molecule is CCCC1CCCN1C(=O)CNC(C)(C)CNC(=O)c1cnc2cc(C)nn2c1. The van der Waals surface area contributed by atoms with Gasteiger partial charge in [-0.05, 0) is 40.0 Å². The molecule has 0 spiro atoms. The third-order valence-electron chi connectivity index (χ3n) is 5.43. The number of nitrogens with one attached hydrogen (secondary N) is 2. The number of fused-ring (bicyclic) bond motifs is 1. The summed E-state index contributed by atoms with van der Waals surface area (Å²) in [5, 5.41) is 10.5. The number of amides is 2. The molecule has 1 aliphatic rings. The number of rotatable bonds is 8. The Morgan fingerprint density at radius 2 is 2.14 bits per heavy atom. The van der Waals surface area contributed by atoms with E-state index in [0.29, 0.717) is 23.8 Å². The molecule has 0 radical (unpaired) electrons. The van der Waals surface area contributed by atoms with Crippen LogP contribution in [-0.2, 0) is 4.79 Å². The van der Waals surface area contributed by atoms with Gasteiger partial charge in [0, 0.05) is 43.1 Å². The van der Waals surface area contributed by atoms with Gasteiger partial charge < -0.3 is 15.5 Å². The number of hydrogen-bond donors (Lipinski definition) is 2. The Balaban J connectivity index is 1.50. The summed E-state index contributed by atoms with van der Waals surface area (Å²) >= 11 is 0. The lowest BCUT2D eigenvalue weighted by molar-refractivity contribution is -0.131. The molecule has 0 bridgehead atoms. The molecule has 1 atom stereocenters. The molecule has 1 aliphatic heterocycles. The summed E-state index contributed by atoms with van der Waals surface area (Å²) in [6.45, 7) is 9.53. The summed E-state index contributed by atoms with van der Waals surface area (Å²) in [5.74, 6) is -0.0691. The Labute approximate surface area is 172 Å². The van der Waals surface area contributed by atoms with Gasteiger partial charge in [0.25, 0.3) is 5.91 Å². The number of aryl methyl sites for hydroxylation is 1. The molecule has 1 saturated heterocycles. The van der Waals surface area contributed by atoms with Crippen LogP contribution in [0.1, 0.15) is 62.5 Å². The van der Waals surface area contributed by atoms with E-state index >= 15 is 0 Å². The number of nitrogens with zero attached hydrogens (tertiary/aromatic N) is 4. The van der Waals surface area contributed by atoms with Gasteiger partial charge in [-0.25, -0.2) is 9.50 Å². The number of carbonyl (C=O) groups excluding carboxylic acids is 2. The quantitative estimate of drug-likeness (QED) is 0.706. The Kier molecular flexibility index (Phi) is 6.52. The highest BCUT2D eigenvalue weighted by molar-refractivity contribution is 5.93. The minimum absolute atomic E-state index is 0.143.